The molecule has 1 unspecified atom stereocenters. The number of benzene rings is 1. The molecule has 0 heterocycles. The lowest BCUT2D eigenvalue weighted by molar-refractivity contribution is 0.181. The number of hydrogen-bond donors (Lipinski definition) is 1. The van der Waals surface area contributed by atoms with Gasteiger partial charge in [-0.3, -0.25) is 0 Å². The molecule has 80 valence electrons. The third-order valence-corrected chi connectivity index (χ3v) is 2.47. The summed E-state index contributed by atoms with van der Waals surface area (Å²) in [6.07, 6.45) is 1.88. The van der Waals surface area contributed by atoms with Gasteiger partial charge >= 0.3 is 0 Å². The first kappa shape index (κ1) is 11.8. The van der Waals surface area contributed by atoms with Crippen LogP contribution in [0.25, 0.3) is 0 Å². The molecule has 0 aliphatic carbocycles. The van der Waals surface area contributed by atoms with Crippen LogP contribution in [0.2, 0.25) is 0 Å². The van der Waals surface area contributed by atoms with E-state index >= 15 is 0 Å². The molecule has 0 spiro atoms. The lowest BCUT2D eigenvalue weighted by Gasteiger charge is -2.10. The van der Waals surface area contributed by atoms with Gasteiger partial charge in [-0.15, -0.1) is 5.73 Å². The van der Waals surface area contributed by atoms with Crippen molar-refractivity contribution in [1.82, 2.24) is 0 Å². The fourth-order valence-corrected chi connectivity index (χ4v) is 1.43. The number of aliphatic hydroxyl groups is 1. The van der Waals surface area contributed by atoms with Crippen molar-refractivity contribution in [3.63, 3.8) is 0 Å². The van der Waals surface area contributed by atoms with E-state index in [0.29, 0.717) is 12.3 Å². The molecule has 0 aromatic heterocycles. The van der Waals surface area contributed by atoms with Gasteiger partial charge in [-0.2, -0.15) is 0 Å². The fraction of sp³-hybridized carbons (Fsp3) is 0.357. The van der Waals surface area contributed by atoms with Crippen molar-refractivity contribution < 1.29 is 5.11 Å². The molecule has 1 aromatic carbocycles. The smallest absolute Gasteiger partial charge is 0.0830 e. The third-order valence-electron chi connectivity index (χ3n) is 2.47. The first-order chi connectivity index (χ1) is 7.15. The van der Waals surface area contributed by atoms with Crippen LogP contribution >= 0.6 is 0 Å². The molecule has 1 atom stereocenters. The lowest BCUT2D eigenvalue weighted by Crippen LogP contribution is -1.96. The monoisotopic (exact) mass is 202 g/mol. The van der Waals surface area contributed by atoms with Crippen molar-refractivity contribution in [3.05, 3.63) is 53.8 Å². The second-order valence-electron chi connectivity index (χ2n) is 3.98. The van der Waals surface area contributed by atoms with Crippen molar-refractivity contribution in [1.29, 1.82) is 0 Å². The van der Waals surface area contributed by atoms with Crippen LogP contribution in [0.5, 0.6) is 0 Å². The largest absolute Gasteiger partial charge is 0.388 e. The van der Waals surface area contributed by atoms with Gasteiger partial charge in [0.05, 0.1) is 6.10 Å². The first-order valence-corrected chi connectivity index (χ1v) is 5.27. The van der Waals surface area contributed by atoms with Crippen LogP contribution in [0.3, 0.4) is 0 Å². The summed E-state index contributed by atoms with van der Waals surface area (Å²) >= 11 is 0. The summed E-state index contributed by atoms with van der Waals surface area (Å²) in [5.41, 5.74) is 4.91. The van der Waals surface area contributed by atoms with Gasteiger partial charge in [0.1, 0.15) is 0 Å². The van der Waals surface area contributed by atoms with Gasteiger partial charge in [0.25, 0.3) is 0 Å². The Morgan fingerprint density at radius 1 is 1.27 bits per heavy atom. The van der Waals surface area contributed by atoms with Crippen molar-refractivity contribution in [2.45, 2.75) is 32.3 Å². The van der Waals surface area contributed by atoms with E-state index in [0.717, 1.165) is 5.56 Å². The zero-order valence-corrected chi connectivity index (χ0v) is 9.40. The summed E-state index contributed by atoms with van der Waals surface area (Å²) in [5.74, 6) is 0.532. The molecular weight excluding hydrogens is 184 g/mol. The van der Waals surface area contributed by atoms with Crippen LogP contribution in [0.1, 0.15) is 43.4 Å². The van der Waals surface area contributed by atoms with Gasteiger partial charge in [0, 0.05) is 6.42 Å². The zero-order chi connectivity index (χ0) is 11.3. The van der Waals surface area contributed by atoms with E-state index in [1.54, 1.807) is 6.08 Å². The van der Waals surface area contributed by atoms with E-state index in [1.807, 2.05) is 12.1 Å². The molecule has 1 rings (SSSR count). The van der Waals surface area contributed by atoms with Crippen LogP contribution < -0.4 is 0 Å². The Bertz CT molecular complexity index is 342. The summed E-state index contributed by atoms with van der Waals surface area (Å²) in [7, 11) is 0. The molecule has 1 nitrogen and oxygen atoms in total. The van der Waals surface area contributed by atoms with Crippen LogP contribution in [-0.4, -0.2) is 5.11 Å². The highest BCUT2D eigenvalue weighted by molar-refractivity contribution is 5.26. The number of rotatable bonds is 4. The molecule has 1 N–H and O–H groups in total. The minimum atomic E-state index is -0.444. The molecule has 0 saturated heterocycles. The quantitative estimate of drug-likeness (QED) is 0.740. The summed E-state index contributed by atoms with van der Waals surface area (Å²) in [6, 6.07) is 8.11. The van der Waals surface area contributed by atoms with Gasteiger partial charge < -0.3 is 5.11 Å². The molecule has 1 aromatic rings. The van der Waals surface area contributed by atoms with Crippen LogP contribution in [0.4, 0.5) is 0 Å². The molecule has 0 saturated carbocycles. The van der Waals surface area contributed by atoms with Gasteiger partial charge in [-0.1, -0.05) is 44.7 Å². The van der Waals surface area contributed by atoms with E-state index in [2.05, 4.69) is 38.3 Å². The normalized spacial score (nSPS) is 12.3. The number of aliphatic hydroxyl groups excluding tert-OH is 1. The van der Waals surface area contributed by atoms with Gasteiger partial charge in [0.15, 0.2) is 0 Å². The fourth-order valence-electron chi connectivity index (χ4n) is 1.43. The summed E-state index contributed by atoms with van der Waals surface area (Å²) in [4.78, 5) is 0. The minimum Gasteiger partial charge on any atom is -0.388 e. The molecule has 0 radical (unpaired) electrons. The Hall–Kier alpha value is -1.30. The maximum Gasteiger partial charge on any atom is 0.0830 e. The second kappa shape index (κ2) is 5.55. The molecule has 0 bridgehead atoms. The van der Waals surface area contributed by atoms with E-state index < -0.39 is 6.10 Å². The molecule has 1 heteroatoms. The standard InChI is InChI=1S/C14H18O/c1-4-5-6-14(15)13-9-7-12(8-10-13)11(2)3/h5,7-11,14-15H,1,6H2,2-3H3. The van der Waals surface area contributed by atoms with Gasteiger partial charge in [0.2, 0.25) is 0 Å². The predicted octanol–water partition coefficient (Wildman–Crippen LogP) is 3.57. The summed E-state index contributed by atoms with van der Waals surface area (Å²) in [5, 5.41) is 9.78. The topological polar surface area (TPSA) is 20.2 Å². The Balaban J connectivity index is 2.74. The van der Waals surface area contributed by atoms with E-state index in [9.17, 15) is 5.11 Å². The van der Waals surface area contributed by atoms with Crippen molar-refractivity contribution in [3.8, 4) is 0 Å². The van der Waals surface area contributed by atoms with Crippen molar-refractivity contribution in [2.75, 3.05) is 0 Å². The van der Waals surface area contributed by atoms with E-state index in [-0.39, 0.29) is 0 Å². The maximum absolute atomic E-state index is 9.78. The van der Waals surface area contributed by atoms with Crippen LogP contribution in [0, 0.1) is 0 Å². The molecule has 0 amide bonds. The van der Waals surface area contributed by atoms with Gasteiger partial charge in [-0.05, 0) is 23.1 Å². The average Bonchev–Trinajstić information content (AvgIpc) is 2.26. The minimum absolute atomic E-state index is 0.444. The highest BCUT2D eigenvalue weighted by Gasteiger charge is 2.05. The molecular formula is C14H18O. The Morgan fingerprint density at radius 2 is 1.80 bits per heavy atom. The van der Waals surface area contributed by atoms with Crippen LogP contribution in [0.15, 0.2) is 42.7 Å². The molecule has 15 heavy (non-hydrogen) atoms. The highest BCUT2D eigenvalue weighted by atomic mass is 16.3. The van der Waals surface area contributed by atoms with Crippen LogP contribution in [-0.2, 0) is 0 Å². The van der Waals surface area contributed by atoms with Crippen molar-refractivity contribution in [2.24, 2.45) is 0 Å². The predicted molar refractivity (Wildman–Crippen MR) is 63.8 cm³/mol. The Morgan fingerprint density at radius 3 is 2.27 bits per heavy atom. The van der Waals surface area contributed by atoms with Gasteiger partial charge in [-0.25, -0.2) is 0 Å². The summed E-state index contributed by atoms with van der Waals surface area (Å²) in [6.45, 7) is 7.79. The van der Waals surface area contributed by atoms with E-state index in [1.165, 1.54) is 5.56 Å². The number of hydrogen-bond acceptors (Lipinski definition) is 1. The molecule has 0 fully saturated rings. The molecule has 0 aliphatic heterocycles. The lowest BCUT2D eigenvalue weighted by atomic mass is 9.99. The van der Waals surface area contributed by atoms with E-state index in [4.69, 9.17) is 0 Å². The maximum atomic E-state index is 9.78. The zero-order valence-electron chi connectivity index (χ0n) is 9.40. The summed E-state index contributed by atoms with van der Waals surface area (Å²) < 4.78 is 0. The Labute approximate surface area is 91.8 Å². The molecule has 0 aliphatic rings. The first-order valence-electron chi connectivity index (χ1n) is 5.27. The average molecular weight is 202 g/mol. The SMILES string of the molecule is C=C=CCC(O)c1ccc(C(C)C)cc1. The van der Waals surface area contributed by atoms with Crippen molar-refractivity contribution >= 4 is 0 Å². The second-order valence-corrected chi connectivity index (χ2v) is 3.98. The highest BCUT2D eigenvalue weighted by Crippen LogP contribution is 2.20. The third kappa shape index (κ3) is 3.39. The Kier molecular flexibility index (Phi) is 4.36.